The highest BCUT2D eigenvalue weighted by atomic mass is 79.9. The first-order chi connectivity index (χ1) is 7.79. The molecule has 0 fully saturated rings. The summed E-state index contributed by atoms with van der Waals surface area (Å²) in [4.78, 5) is 0. The molecule has 1 aromatic heterocycles. The van der Waals surface area contributed by atoms with E-state index in [1.807, 2.05) is 24.3 Å². The van der Waals surface area contributed by atoms with Crippen molar-refractivity contribution >= 4 is 21.6 Å². The molecule has 0 saturated carbocycles. The summed E-state index contributed by atoms with van der Waals surface area (Å²) >= 11 is 3.46. The third kappa shape index (κ3) is 2.67. The van der Waals surface area contributed by atoms with Gasteiger partial charge in [-0.25, -0.2) is 0 Å². The molecule has 1 unspecified atom stereocenters. The predicted octanol–water partition coefficient (Wildman–Crippen LogP) is 4.61. The second kappa shape index (κ2) is 5.21. The minimum atomic E-state index is 0.226. The molecule has 1 atom stereocenters. The zero-order chi connectivity index (χ0) is 11.4. The molecule has 2 rings (SSSR count). The third-order valence-corrected chi connectivity index (χ3v) is 2.95. The van der Waals surface area contributed by atoms with Crippen LogP contribution in [0.4, 0.5) is 5.69 Å². The van der Waals surface area contributed by atoms with E-state index in [0.29, 0.717) is 0 Å². The molecule has 0 radical (unpaired) electrons. The van der Waals surface area contributed by atoms with Crippen molar-refractivity contribution in [2.75, 3.05) is 5.32 Å². The van der Waals surface area contributed by atoms with Gasteiger partial charge in [0, 0.05) is 10.2 Å². The van der Waals surface area contributed by atoms with Crippen molar-refractivity contribution in [3.05, 3.63) is 52.9 Å². The van der Waals surface area contributed by atoms with E-state index in [0.717, 1.165) is 22.3 Å². The number of halogens is 1. The number of hydrogen-bond acceptors (Lipinski definition) is 2. The Morgan fingerprint density at radius 3 is 2.81 bits per heavy atom. The van der Waals surface area contributed by atoms with Crippen molar-refractivity contribution in [1.82, 2.24) is 0 Å². The fourth-order valence-corrected chi connectivity index (χ4v) is 2.04. The quantitative estimate of drug-likeness (QED) is 0.885. The van der Waals surface area contributed by atoms with E-state index >= 15 is 0 Å². The van der Waals surface area contributed by atoms with E-state index in [4.69, 9.17) is 4.42 Å². The molecule has 3 heteroatoms. The Morgan fingerprint density at radius 1 is 1.31 bits per heavy atom. The molecular weight excluding hydrogens is 266 g/mol. The summed E-state index contributed by atoms with van der Waals surface area (Å²) in [6, 6.07) is 12.3. The average molecular weight is 280 g/mol. The summed E-state index contributed by atoms with van der Waals surface area (Å²) < 4.78 is 6.49. The van der Waals surface area contributed by atoms with Crippen molar-refractivity contribution in [2.45, 2.75) is 19.4 Å². The number of nitrogens with one attached hydrogen (secondary N) is 1. The molecule has 1 aromatic carbocycles. The number of hydrogen-bond donors (Lipinski definition) is 1. The van der Waals surface area contributed by atoms with E-state index in [-0.39, 0.29) is 6.04 Å². The van der Waals surface area contributed by atoms with Crippen LogP contribution in [0.3, 0.4) is 0 Å². The Morgan fingerprint density at radius 2 is 2.19 bits per heavy atom. The van der Waals surface area contributed by atoms with Crippen LogP contribution in [0.1, 0.15) is 25.1 Å². The highest BCUT2D eigenvalue weighted by Gasteiger charge is 2.11. The smallest absolute Gasteiger partial charge is 0.125 e. The summed E-state index contributed by atoms with van der Waals surface area (Å²) in [6.45, 7) is 2.14. The van der Waals surface area contributed by atoms with Gasteiger partial charge in [0.1, 0.15) is 5.76 Å². The summed E-state index contributed by atoms with van der Waals surface area (Å²) in [5.41, 5.74) is 1.10. The van der Waals surface area contributed by atoms with Crippen LogP contribution in [-0.4, -0.2) is 0 Å². The van der Waals surface area contributed by atoms with E-state index in [1.54, 1.807) is 6.26 Å². The van der Waals surface area contributed by atoms with Gasteiger partial charge in [-0.15, -0.1) is 0 Å². The maximum absolute atomic E-state index is 5.41. The Bertz CT molecular complexity index is 439. The molecule has 2 nitrogen and oxygen atoms in total. The van der Waals surface area contributed by atoms with Crippen molar-refractivity contribution < 1.29 is 4.42 Å². The van der Waals surface area contributed by atoms with Gasteiger partial charge in [-0.1, -0.05) is 28.9 Å². The Hall–Kier alpha value is -1.22. The number of benzene rings is 1. The van der Waals surface area contributed by atoms with Gasteiger partial charge in [-0.3, -0.25) is 0 Å². The molecule has 0 saturated heterocycles. The topological polar surface area (TPSA) is 25.2 Å². The van der Waals surface area contributed by atoms with Crippen LogP contribution in [0.25, 0.3) is 0 Å². The van der Waals surface area contributed by atoms with Crippen LogP contribution in [-0.2, 0) is 0 Å². The lowest BCUT2D eigenvalue weighted by Gasteiger charge is -2.16. The van der Waals surface area contributed by atoms with Crippen molar-refractivity contribution in [3.8, 4) is 0 Å². The Labute approximate surface area is 104 Å². The summed E-state index contributed by atoms with van der Waals surface area (Å²) in [7, 11) is 0. The molecule has 0 bridgehead atoms. The zero-order valence-corrected chi connectivity index (χ0v) is 10.7. The van der Waals surface area contributed by atoms with Gasteiger partial charge in [0.15, 0.2) is 0 Å². The van der Waals surface area contributed by atoms with Gasteiger partial charge in [0.2, 0.25) is 0 Å². The minimum absolute atomic E-state index is 0.226. The molecular formula is C13H14BrNO. The highest BCUT2D eigenvalue weighted by Crippen LogP contribution is 2.24. The molecule has 0 aliphatic carbocycles. The Kier molecular flexibility index (Phi) is 3.67. The zero-order valence-electron chi connectivity index (χ0n) is 9.11. The molecule has 2 aromatic rings. The fraction of sp³-hybridized carbons (Fsp3) is 0.231. The van der Waals surface area contributed by atoms with Gasteiger partial charge in [-0.05, 0) is 36.8 Å². The molecule has 0 aliphatic rings. The lowest BCUT2D eigenvalue weighted by molar-refractivity contribution is 0.474. The normalized spacial score (nSPS) is 12.4. The second-order valence-corrected chi connectivity index (χ2v) is 4.55. The van der Waals surface area contributed by atoms with Crippen molar-refractivity contribution in [3.63, 3.8) is 0 Å². The van der Waals surface area contributed by atoms with Gasteiger partial charge in [0.05, 0.1) is 12.3 Å². The standard InChI is InChI=1S/C13H14BrNO/c1-2-12(13-7-4-8-16-13)15-11-6-3-5-10(14)9-11/h3-9,12,15H,2H2,1H3. The molecule has 0 amide bonds. The SMILES string of the molecule is CCC(Nc1cccc(Br)c1)c1ccco1. The maximum atomic E-state index is 5.41. The maximum Gasteiger partial charge on any atom is 0.125 e. The lowest BCUT2D eigenvalue weighted by Crippen LogP contribution is -2.08. The summed E-state index contributed by atoms with van der Waals surface area (Å²) in [6.07, 6.45) is 2.70. The molecule has 0 aliphatic heterocycles. The number of furan rings is 1. The summed E-state index contributed by atoms with van der Waals surface area (Å²) in [5, 5.41) is 3.45. The van der Waals surface area contributed by atoms with Crippen molar-refractivity contribution in [1.29, 1.82) is 0 Å². The highest BCUT2D eigenvalue weighted by molar-refractivity contribution is 9.10. The Balaban J connectivity index is 2.13. The minimum Gasteiger partial charge on any atom is -0.467 e. The molecule has 16 heavy (non-hydrogen) atoms. The van der Waals surface area contributed by atoms with Crippen LogP contribution in [0, 0.1) is 0 Å². The first kappa shape index (κ1) is 11.3. The predicted molar refractivity (Wildman–Crippen MR) is 69.5 cm³/mol. The van der Waals surface area contributed by atoms with Crippen LogP contribution in [0.15, 0.2) is 51.6 Å². The van der Waals surface area contributed by atoms with Gasteiger partial charge >= 0.3 is 0 Å². The molecule has 0 spiro atoms. The van der Waals surface area contributed by atoms with E-state index in [1.165, 1.54) is 0 Å². The van der Waals surface area contributed by atoms with Crippen LogP contribution in [0.5, 0.6) is 0 Å². The summed E-state index contributed by atoms with van der Waals surface area (Å²) in [5.74, 6) is 0.975. The van der Waals surface area contributed by atoms with Gasteiger partial charge in [0.25, 0.3) is 0 Å². The molecule has 84 valence electrons. The number of rotatable bonds is 4. The van der Waals surface area contributed by atoms with Crippen LogP contribution < -0.4 is 5.32 Å². The van der Waals surface area contributed by atoms with E-state index in [2.05, 4.69) is 40.3 Å². The van der Waals surface area contributed by atoms with E-state index in [9.17, 15) is 0 Å². The average Bonchev–Trinajstić information content (AvgIpc) is 2.79. The number of anilines is 1. The largest absolute Gasteiger partial charge is 0.467 e. The first-order valence-electron chi connectivity index (χ1n) is 5.35. The van der Waals surface area contributed by atoms with Gasteiger partial charge < -0.3 is 9.73 Å². The fourth-order valence-electron chi connectivity index (χ4n) is 1.64. The van der Waals surface area contributed by atoms with Gasteiger partial charge in [-0.2, -0.15) is 0 Å². The van der Waals surface area contributed by atoms with Crippen molar-refractivity contribution in [2.24, 2.45) is 0 Å². The van der Waals surface area contributed by atoms with E-state index < -0.39 is 0 Å². The monoisotopic (exact) mass is 279 g/mol. The van der Waals surface area contributed by atoms with Crippen LogP contribution in [0.2, 0.25) is 0 Å². The second-order valence-electron chi connectivity index (χ2n) is 3.63. The first-order valence-corrected chi connectivity index (χ1v) is 6.14. The molecule has 1 heterocycles. The third-order valence-electron chi connectivity index (χ3n) is 2.46. The van der Waals surface area contributed by atoms with Crippen LogP contribution >= 0.6 is 15.9 Å². The lowest BCUT2D eigenvalue weighted by atomic mass is 10.1. The molecule has 1 N–H and O–H groups in total.